The largest absolute Gasteiger partial charge is 0.486 e. The number of nitrogens with one attached hydrogen (secondary N) is 1. The van der Waals surface area contributed by atoms with Gasteiger partial charge in [0.15, 0.2) is 11.5 Å². The van der Waals surface area contributed by atoms with E-state index in [2.05, 4.69) is 4.72 Å². The van der Waals surface area contributed by atoms with Crippen molar-refractivity contribution in [2.24, 2.45) is 5.14 Å². The van der Waals surface area contributed by atoms with Crippen molar-refractivity contribution >= 4 is 21.8 Å². The predicted octanol–water partition coefficient (Wildman–Crippen LogP) is 0.273. The fraction of sp³-hybridized carbons (Fsp3) is 0.333. The van der Waals surface area contributed by atoms with Gasteiger partial charge in [-0.3, -0.25) is 0 Å². The highest BCUT2D eigenvalue weighted by Crippen LogP contribution is 2.33. The van der Waals surface area contributed by atoms with Gasteiger partial charge in [-0.1, -0.05) is 11.6 Å². The Hall–Kier alpha value is -1.02. The Bertz CT molecular complexity index is 520. The number of rotatable bonds is 3. The SMILES string of the molecule is NS(=O)(=O)NC[C@H]1COc2ccc(Cl)cc2O1. The Balaban J connectivity index is 2.03. The van der Waals surface area contributed by atoms with Gasteiger partial charge < -0.3 is 9.47 Å². The van der Waals surface area contributed by atoms with Crippen LogP contribution in [0.1, 0.15) is 0 Å². The predicted molar refractivity (Wildman–Crippen MR) is 62.5 cm³/mol. The molecule has 1 heterocycles. The van der Waals surface area contributed by atoms with E-state index < -0.39 is 16.3 Å². The fourth-order valence-corrected chi connectivity index (χ4v) is 1.98. The van der Waals surface area contributed by atoms with Crippen LogP contribution < -0.4 is 19.3 Å². The van der Waals surface area contributed by atoms with E-state index in [0.29, 0.717) is 16.5 Å². The van der Waals surface area contributed by atoms with E-state index in [1.165, 1.54) is 0 Å². The molecule has 3 N–H and O–H groups in total. The topological polar surface area (TPSA) is 90.7 Å². The Morgan fingerprint density at radius 3 is 2.94 bits per heavy atom. The van der Waals surface area contributed by atoms with Crippen molar-refractivity contribution in [3.05, 3.63) is 23.2 Å². The molecule has 0 unspecified atom stereocenters. The first-order valence-electron chi connectivity index (χ1n) is 4.80. The molecule has 0 bridgehead atoms. The Morgan fingerprint density at radius 1 is 1.47 bits per heavy atom. The smallest absolute Gasteiger partial charge is 0.274 e. The van der Waals surface area contributed by atoms with Crippen LogP contribution in [0.3, 0.4) is 0 Å². The summed E-state index contributed by atoms with van der Waals surface area (Å²) in [5.74, 6) is 1.08. The molecule has 94 valence electrons. The minimum absolute atomic E-state index is 0.0464. The number of hydrogen-bond donors (Lipinski definition) is 2. The van der Waals surface area contributed by atoms with Crippen LogP contribution in [0.15, 0.2) is 18.2 Å². The maximum atomic E-state index is 10.7. The summed E-state index contributed by atoms with van der Waals surface area (Å²) in [4.78, 5) is 0. The average Bonchev–Trinajstić information content (AvgIpc) is 2.24. The minimum Gasteiger partial charge on any atom is -0.486 e. The van der Waals surface area contributed by atoms with Gasteiger partial charge in [0.25, 0.3) is 10.2 Å². The zero-order chi connectivity index (χ0) is 12.5. The summed E-state index contributed by atoms with van der Waals surface area (Å²) in [6.07, 6.45) is -0.431. The summed E-state index contributed by atoms with van der Waals surface area (Å²) in [5, 5.41) is 5.34. The highest BCUT2D eigenvalue weighted by molar-refractivity contribution is 7.87. The summed E-state index contributed by atoms with van der Waals surface area (Å²) in [7, 11) is -3.72. The summed E-state index contributed by atoms with van der Waals surface area (Å²) in [6.45, 7) is 0.294. The van der Waals surface area contributed by atoms with Crippen LogP contribution in [0.2, 0.25) is 5.02 Å². The first-order chi connectivity index (χ1) is 7.94. The van der Waals surface area contributed by atoms with Gasteiger partial charge in [0.05, 0.1) is 6.54 Å². The van der Waals surface area contributed by atoms with Crippen molar-refractivity contribution in [1.29, 1.82) is 0 Å². The molecule has 8 heteroatoms. The average molecular weight is 279 g/mol. The lowest BCUT2D eigenvalue weighted by Crippen LogP contribution is -2.42. The van der Waals surface area contributed by atoms with Gasteiger partial charge in [-0.2, -0.15) is 13.1 Å². The number of halogens is 1. The minimum atomic E-state index is -3.72. The molecule has 0 radical (unpaired) electrons. The molecular formula is C9H11ClN2O4S. The van der Waals surface area contributed by atoms with Crippen LogP contribution in [0.25, 0.3) is 0 Å². The molecule has 1 aromatic rings. The van der Waals surface area contributed by atoms with E-state index in [1.54, 1.807) is 18.2 Å². The molecule has 1 atom stereocenters. The number of ether oxygens (including phenoxy) is 2. The van der Waals surface area contributed by atoms with Gasteiger partial charge in [-0.15, -0.1) is 0 Å². The zero-order valence-electron chi connectivity index (χ0n) is 8.72. The molecule has 0 aromatic heterocycles. The van der Waals surface area contributed by atoms with E-state index in [0.717, 1.165) is 0 Å². The first kappa shape index (κ1) is 12.4. The highest BCUT2D eigenvalue weighted by Gasteiger charge is 2.22. The second-order valence-electron chi connectivity index (χ2n) is 3.54. The fourth-order valence-electron chi connectivity index (χ4n) is 1.40. The van der Waals surface area contributed by atoms with Crippen LogP contribution in [0.4, 0.5) is 0 Å². The normalized spacial score (nSPS) is 19.1. The Morgan fingerprint density at radius 2 is 2.24 bits per heavy atom. The quantitative estimate of drug-likeness (QED) is 0.830. The maximum Gasteiger partial charge on any atom is 0.274 e. The third-order valence-corrected chi connectivity index (χ3v) is 2.94. The van der Waals surface area contributed by atoms with Gasteiger partial charge in [0.1, 0.15) is 12.7 Å². The summed E-state index contributed by atoms with van der Waals surface area (Å²) >= 11 is 5.81. The number of nitrogens with two attached hydrogens (primary N) is 1. The molecule has 0 amide bonds. The van der Waals surface area contributed by atoms with Crippen LogP contribution in [0.5, 0.6) is 11.5 Å². The van der Waals surface area contributed by atoms with Crippen molar-refractivity contribution in [1.82, 2.24) is 4.72 Å². The molecular weight excluding hydrogens is 268 g/mol. The molecule has 1 aliphatic rings. The number of fused-ring (bicyclic) bond motifs is 1. The molecule has 1 aromatic carbocycles. The third kappa shape index (κ3) is 3.47. The number of benzene rings is 1. The molecule has 0 spiro atoms. The molecule has 0 saturated carbocycles. The third-order valence-electron chi connectivity index (χ3n) is 2.14. The highest BCUT2D eigenvalue weighted by atomic mass is 35.5. The van der Waals surface area contributed by atoms with Crippen LogP contribution in [-0.4, -0.2) is 27.7 Å². The van der Waals surface area contributed by atoms with E-state index in [9.17, 15) is 8.42 Å². The molecule has 0 aliphatic carbocycles. The molecule has 17 heavy (non-hydrogen) atoms. The lowest BCUT2D eigenvalue weighted by Gasteiger charge is -2.26. The van der Waals surface area contributed by atoms with Crippen LogP contribution in [0, 0.1) is 0 Å². The van der Waals surface area contributed by atoms with Gasteiger partial charge in [-0.25, -0.2) is 5.14 Å². The number of hydrogen-bond acceptors (Lipinski definition) is 4. The molecule has 2 rings (SSSR count). The lowest BCUT2D eigenvalue weighted by molar-refractivity contribution is 0.0943. The molecule has 6 nitrogen and oxygen atoms in total. The summed E-state index contributed by atoms with van der Waals surface area (Å²) in [6, 6.07) is 4.99. The summed E-state index contributed by atoms with van der Waals surface area (Å²) in [5.41, 5.74) is 0. The molecule has 0 fully saturated rings. The molecule has 1 aliphatic heterocycles. The van der Waals surface area contributed by atoms with Crippen molar-refractivity contribution in [3.8, 4) is 11.5 Å². The lowest BCUT2D eigenvalue weighted by atomic mass is 10.2. The van der Waals surface area contributed by atoms with E-state index in [4.69, 9.17) is 26.2 Å². The van der Waals surface area contributed by atoms with Gasteiger partial charge >= 0.3 is 0 Å². The van der Waals surface area contributed by atoms with Gasteiger partial charge in [0.2, 0.25) is 0 Å². The monoisotopic (exact) mass is 278 g/mol. The standard InChI is InChI=1S/C9H11ClN2O4S/c10-6-1-2-8-9(3-6)16-7(5-15-8)4-12-17(11,13)14/h1-3,7,12H,4-5H2,(H2,11,13,14)/t7-/m0/s1. The first-order valence-corrected chi connectivity index (χ1v) is 6.73. The maximum absolute atomic E-state index is 10.7. The van der Waals surface area contributed by atoms with E-state index in [-0.39, 0.29) is 13.2 Å². The van der Waals surface area contributed by atoms with Crippen molar-refractivity contribution in [2.75, 3.05) is 13.2 Å². The summed E-state index contributed by atoms with van der Waals surface area (Å²) < 4.78 is 34.5. The zero-order valence-corrected chi connectivity index (χ0v) is 10.3. The Kier molecular flexibility index (Phi) is 3.43. The van der Waals surface area contributed by atoms with E-state index >= 15 is 0 Å². The van der Waals surface area contributed by atoms with Gasteiger partial charge in [0, 0.05) is 11.1 Å². The second kappa shape index (κ2) is 4.69. The van der Waals surface area contributed by atoms with E-state index in [1.807, 2.05) is 0 Å². The molecule has 0 saturated heterocycles. The van der Waals surface area contributed by atoms with Crippen molar-refractivity contribution < 1.29 is 17.9 Å². The van der Waals surface area contributed by atoms with Crippen LogP contribution >= 0.6 is 11.6 Å². The van der Waals surface area contributed by atoms with Crippen molar-refractivity contribution in [2.45, 2.75) is 6.10 Å². The van der Waals surface area contributed by atoms with Gasteiger partial charge in [-0.05, 0) is 12.1 Å². The van der Waals surface area contributed by atoms with Crippen molar-refractivity contribution in [3.63, 3.8) is 0 Å². The second-order valence-corrected chi connectivity index (χ2v) is 5.35. The van der Waals surface area contributed by atoms with Crippen LogP contribution in [-0.2, 0) is 10.2 Å². The Labute approximate surface area is 104 Å².